The molecule has 0 aliphatic rings. The number of primary amides is 1. The summed E-state index contributed by atoms with van der Waals surface area (Å²) in [6, 6.07) is 5.54. The third kappa shape index (κ3) is 3.47. The summed E-state index contributed by atoms with van der Waals surface area (Å²) in [5.74, 6) is -0.420. The lowest BCUT2D eigenvalue weighted by molar-refractivity contribution is 0.100. The van der Waals surface area contributed by atoms with Gasteiger partial charge in [-0.3, -0.25) is 4.79 Å². The fourth-order valence-corrected chi connectivity index (χ4v) is 3.56. The van der Waals surface area contributed by atoms with Gasteiger partial charge in [-0.15, -0.1) is 11.3 Å². The smallest absolute Gasteiger partial charge is 0.250 e. The number of para-hydroxylation sites is 1. The minimum atomic E-state index is -0.420. The Labute approximate surface area is 135 Å². The third-order valence-electron chi connectivity index (χ3n) is 3.48. The fraction of sp³-hybridized carbons (Fsp3) is 0.412. The van der Waals surface area contributed by atoms with E-state index in [-0.39, 0.29) is 5.41 Å². The highest BCUT2D eigenvalue weighted by Gasteiger charge is 2.21. The molecule has 0 saturated heterocycles. The predicted octanol–water partition coefficient (Wildman–Crippen LogP) is 3.77. The van der Waals surface area contributed by atoms with Crippen LogP contribution < -0.4 is 11.1 Å². The molecule has 0 spiro atoms. The molecule has 1 aromatic heterocycles. The first-order valence-corrected chi connectivity index (χ1v) is 8.12. The Hall–Kier alpha value is -1.88. The highest BCUT2D eigenvalue weighted by atomic mass is 32.1. The van der Waals surface area contributed by atoms with Gasteiger partial charge in [0.2, 0.25) is 0 Å². The van der Waals surface area contributed by atoms with Crippen LogP contribution in [0, 0.1) is 13.8 Å². The van der Waals surface area contributed by atoms with Gasteiger partial charge in [-0.05, 0) is 30.9 Å². The zero-order chi connectivity index (χ0) is 16.5. The van der Waals surface area contributed by atoms with E-state index in [9.17, 15) is 4.79 Å². The number of carbonyl (C=O) groups excluding carboxylic acids is 1. The monoisotopic (exact) mass is 317 g/mol. The predicted molar refractivity (Wildman–Crippen MR) is 92.6 cm³/mol. The lowest BCUT2D eigenvalue weighted by Gasteiger charge is -2.16. The Balaban J connectivity index is 2.23. The van der Waals surface area contributed by atoms with Crippen molar-refractivity contribution in [3.8, 4) is 0 Å². The van der Waals surface area contributed by atoms with Crippen LogP contribution in [-0.2, 0) is 12.0 Å². The molecule has 0 saturated carbocycles. The Bertz CT molecular complexity index is 698. The topological polar surface area (TPSA) is 68.0 Å². The number of nitrogens with zero attached hydrogens (tertiary/aromatic N) is 1. The highest BCUT2D eigenvalue weighted by molar-refractivity contribution is 7.11. The van der Waals surface area contributed by atoms with E-state index in [1.807, 2.05) is 26.0 Å². The lowest BCUT2D eigenvalue weighted by atomic mass is 9.94. The maximum atomic E-state index is 11.5. The molecular weight excluding hydrogens is 294 g/mol. The van der Waals surface area contributed by atoms with Crippen molar-refractivity contribution in [2.24, 2.45) is 5.73 Å². The quantitative estimate of drug-likeness (QED) is 0.902. The zero-order valence-corrected chi connectivity index (χ0v) is 14.6. The standard InChI is InChI=1S/C17H23N3OS/c1-10-7-6-8-12(16(18)21)14(10)19-9-13-20-11(2)15(22-13)17(3,4)5/h6-8,19H,9H2,1-5H3,(H2,18,21). The first-order chi connectivity index (χ1) is 10.2. The summed E-state index contributed by atoms with van der Waals surface area (Å²) in [7, 11) is 0. The molecule has 0 bridgehead atoms. The molecule has 1 heterocycles. The van der Waals surface area contributed by atoms with E-state index < -0.39 is 5.91 Å². The normalized spacial score (nSPS) is 11.5. The number of rotatable bonds is 4. The number of aryl methyl sites for hydroxylation is 2. The van der Waals surface area contributed by atoms with Gasteiger partial charge in [-0.2, -0.15) is 0 Å². The number of aromatic nitrogens is 1. The maximum Gasteiger partial charge on any atom is 0.250 e. The van der Waals surface area contributed by atoms with Crippen LogP contribution in [0.1, 0.15) is 52.3 Å². The van der Waals surface area contributed by atoms with Gasteiger partial charge < -0.3 is 11.1 Å². The van der Waals surface area contributed by atoms with Gasteiger partial charge in [0, 0.05) is 4.88 Å². The number of nitrogens with two attached hydrogens (primary N) is 1. The number of hydrogen-bond donors (Lipinski definition) is 2. The summed E-state index contributed by atoms with van der Waals surface area (Å²) in [5.41, 5.74) is 8.93. The Morgan fingerprint density at radius 1 is 1.32 bits per heavy atom. The van der Waals surface area contributed by atoms with Crippen LogP contribution in [0.25, 0.3) is 0 Å². The summed E-state index contributed by atoms with van der Waals surface area (Å²) in [6.07, 6.45) is 0. The van der Waals surface area contributed by atoms with E-state index in [0.29, 0.717) is 12.1 Å². The number of benzene rings is 1. The van der Waals surface area contributed by atoms with Crippen LogP contribution in [0.4, 0.5) is 5.69 Å². The molecule has 22 heavy (non-hydrogen) atoms. The molecule has 3 N–H and O–H groups in total. The van der Waals surface area contributed by atoms with E-state index in [1.165, 1.54) is 4.88 Å². The Kier molecular flexibility index (Phi) is 4.56. The number of thiazole rings is 1. The summed E-state index contributed by atoms with van der Waals surface area (Å²) in [6.45, 7) is 11.2. The average Bonchev–Trinajstić information content (AvgIpc) is 2.78. The summed E-state index contributed by atoms with van der Waals surface area (Å²) >= 11 is 1.72. The van der Waals surface area contributed by atoms with E-state index in [2.05, 4.69) is 31.1 Å². The average molecular weight is 317 g/mol. The number of amides is 1. The van der Waals surface area contributed by atoms with E-state index >= 15 is 0 Å². The fourth-order valence-electron chi connectivity index (χ4n) is 2.50. The van der Waals surface area contributed by atoms with Gasteiger partial charge >= 0.3 is 0 Å². The van der Waals surface area contributed by atoms with Gasteiger partial charge in [0.25, 0.3) is 5.91 Å². The third-order valence-corrected chi connectivity index (χ3v) is 5.06. The molecule has 0 fully saturated rings. The van der Waals surface area contributed by atoms with Gasteiger partial charge in [0.1, 0.15) is 5.01 Å². The second-order valence-corrected chi connectivity index (χ2v) is 7.57. The van der Waals surface area contributed by atoms with Crippen LogP contribution in [0.2, 0.25) is 0 Å². The largest absolute Gasteiger partial charge is 0.378 e. The summed E-state index contributed by atoms with van der Waals surface area (Å²) in [5, 5.41) is 4.33. The van der Waals surface area contributed by atoms with E-state index in [0.717, 1.165) is 22.0 Å². The van der Waals surface area contributed by atoms with E-state index in [1.54, 1.807) is 17.4 Å². The van der Waals surface area contributed by atoms with Crippen LogP contribution in [0.3, 0.4) is 0 Å². The second kappa shape index (κ2) is 6.08. The first-order valence-electron chi connectivity index (χ1n) is 7.30. The van der Waals surface area contributed by atoms with Crippen molar-refractivity contribution in [2.45, 2.75) is 46.6 Å². The molecule has 2 aromatic rings. The van der Waals surface area contributed by atoms with Crippen molar-refractivity contribution in [1.29, 1.82) is 0 Å². The SMILES string of the molecule is Cc1cccc(C(N)=O)c1NCc1nc(C)c(C(C)(C)C)s1. The molecule has 5 heteroatoms. The molecule has 0 atom stereocenters. The first kappa shape index (κ1) is 16.5. The van der Waals surface area contributed by atoms with Crippen molar-refractivity contribution in [3.05, 3.63) is 44.9 Å². The van der Waals surface area contributed by atoms with Gasteiger partial charge in [0.05, 0.1) is 23.5 Å². The summed E-state index contributed by atoms with van der Waals surface area (Å²) in [4.78, 5) is 17.5. The Morgan fingerprint density at radius 3 is 2.55 bits per heavy atom. The molecule has 118 valence electrons. The molecule has 2 rings (SSSR count). The molecule has 1 amide bonds. The van der Waals surface area contributed by atoms with Crippen LogP contribution in [0.15, 0.2) is 18.2 Å². The number of hydrogen-bond acceptors (Lipinski definition) is 4. The highest BCUT2D eigenvalue weighted by Crippen LogP contribution is 2.31. The minimum absolute atomic E-state index is 0.0983. The number of anilines is 1. The molecule has 0 aliphatic carbocycles. The summed E-state index contributed by atoms with van der Waals surface area (Å²) < 4.78 is 0. The number of nitrogens with one attached hydrogen (secondary N) is 1. The molecule has 4 nitrogen and oxygen atoms in total. The molecule has 0 radical (unpaired) electrons. The van der Waals surface area contributed by atoms with Gasteiger partial charge in [-0.1, -0.05) is 32.9 Å². The van der Waals surface area contributed by atoms with Crippen LogP contribution >= 0.6 is 11.3 Å². The molecule has 0 unspecified atom stereocenters. The van der Waals surface area contributed by atoms with Gasteiger partial charge in [0.15, 0.2) is 0 Å². The van der Waals surface area contributed by atoms with Crippen molar-refractivity contribution in [2.75, 3.05) is 5.32 Å². The Morgan fingerprint density at radius 2 is 2.00 bits per heavy atom. The molecule has 1 aromatic carbocycles. The van der Waals surface area contributed by atoms with E-state index in [4.69, 9.17) is 5.73 Å². The zero-order valence-electron chi connectivity index (χ0n) is 13.8. The van der Waals surface area contributed by atoms with Crippen molar-refractivity contribution < 1.29 is 4.79 Å². The van der Waals surface area contributed by atoms with Crippen molar-refractivity contribution >= 4 is 22.9 Å². The maximum absolute atomic E-state index is 11.5. The molecular formula is C17H23N3OS. The van der Waals surface area contributed by atoms with Crippen LogP contribution in [-0.4, -0.2) is 10.9 Å². The number of carbonyl (C=O) groups is 1. The second-order valence-electron chi connectivity index (χ2n) is 6.49. The lowest BCUT2D eigenvalue weighted by Crippen LogP contribution is -2.15. The van der Waals surface area contributed by atoms with Gasteiger partial charge in [-0.25, -0.2) is 4.98 Å². The van der Waals surface area contributed by atoms with Crippen LogP contribution in [0.5, 0.6) is 0 Å². The van der Waals surface area contributed by atoms with Crippen molar-refractivity contribution in [1.82, 2.24) is 4.98 Å². The van der Waals surface area contributed by atoms with Crippen molar-refractivity contribution in [3.63, 3.8) is 0 Å². The minimum Gasteiger partial charge on any atom is -0.378 e. The molecule has 0 aliphatic heterocycles.